The zero-order chi connectivity index (χ0) is 48.5. The molecule has 6 aromatic rings. The number of aromatic nitrogens is 4. The second-order valence-electron chi connectivity index (χ2n) is 21.0. The highest BCUT2D eigenvalue weighted by Gasteiger charge is 2.48. The van der Waals surface area contributed by atoms with Gasteiger partial charge in [0.05, 0.1) is 31.3 Å². The molecule has 2 amide bonds. The first-order valence-electron chi connectivity index (χ1n) is 25.9. The van der Waals surface area contributed by atoms with Gasteiger partial charge in [0.1, 0.15) is 36.9 Å². The molecule has 6 fully saturated rings. The lowest BCUT2D eigenvalue weighted by molar-refractivity contribution is -0.0632. The van der Waals surface area contributed by atoms with E-state index in [9.17, 15) is 9.59 Å². The van der Waals surface area contributed by atoms with E-state index in [4.69, 9.17) is 28.9 Å². The molecule has 72 heavy (non-hydrogen) atoms. The van der Waals surface area contributed by atoms with E-state index >= 15 is 0 Å². The fraction of sp³-hybridized carbons (Fsp3) is 0.414. The molecule has 0 saturated carbocycles. The maximum atomic E-state index is 14.2. The van der Waals surface area contributed by atoms with E-state index in [0.717, 1.165) is 135 Å². The van der Waals surface area contributed by atoms with Crippen LogP contribution in [0.2, 0.25) is 0 Å². The average Bonchev–Trinajstić information content (AvgIpc) is 3.45. The van der Waals surface area contributed by atoms with Gasteiger partial charge in [0, 0.05) is 59.8 Å². The van der Waals surface area contributed by atoms with Crippen LogP contribution in [0.25, 0.3) is 0 Å². The summed E-state index contributed by atoms with van der Waals surface area (Å²) in [6, 6.07) is 32.5. The van der Waals surface area contributed by atoms with Gasteiger partial charge in [0.25, 0.3) is 0 Å². The normalized spacial score (nSPS) is 26.0. The zero-order valence-electron chi connectivity index (χ0n) is 40.8. The molecule has 10 heterocycles. The van der Waals surface area contributed by atoms with Gasteiger partial charge in [-0.25, -0.2) is 29.5 Å². The molecule has 2 aromatic heterocycles. The summed E-state index contributed by atoms with van der Waals surface area (Å²) in [6.07, 6.45) is 15.8. The molecular formula is C58H62N8O6. The van der Waals surface area contributed by atoms with Gasteiger partial charge >= 0.3 is 12.2 Å². The largest absolute Gasteiger partial charge is 0.489 e. The minimum Gasteiger partial charge on any atom is -0.489 e. The lowest BCUT2D eigenvalue weighted by atomic mass is 9.69. The Bertz CT molecular complexity index is 2840. The number of piperidine rings is 6. The summed E-state index contributed by atoms with van der Waals surface area (Å²) in [5.41, 5.74) is 8.53. The predicted molar refractivity (Wildman–Crippen MR) is 269 cm³/mol. The highest BCUT2D eigenvalue weighted by Crippen LogP contribution is 2.49. The molecule has 14 rings (SSSR count). The molecule has 3 atom stereocenters. The van der Waals surface area contributed by atoms with Crippen molar-refractivity contribution in [2.75, 3.05) is 59.0 Å². The van der Waals surface area contributed by atoms with Crippen LogP contribution in [0.15, 0.2) is 128 Å². The number of amides is 2. The van der Waals surface area contributed by atoms with E-state index in [1.165, 1.54) is 17.5 Å². The smallest absolute Gasteiger partial charge is 0.410 e. The Hall–Kier alpha value is -6.90. The Balaban J connectivity index is 0.667. The van der Waals surface area contributed by atoms with Crippen molar-refractivity contribution in [1.82, 2.24) is 39.5 Å². The standard InChI is InChI=1S/C58H62N8O6/c67-55(71-38-57-19-26-63(27-20-57)28-21-57)65-24-17-43-5-1-3-7-49(43)52(65)45-11-15-48(16-12-45)70-37-42-34-61-54(62-35-42)51-31-58(22-29-64(51)30-23-58)39-72-56(68)66-25-18-44-6-2-4-8-50(44)53(66)46-9-13-47(14-10-46)69-36-41-32-59-40-60-33-41/h1-16,32-35,40,51-53H,17-31,36-39H2/t51?,52-,53+/m0/s1. The summed E-state index contributed by atoms with van der Waals surface area (Å²) in [4.78, 5) is 54.9. The number of fused-ring (bicyclic) bond motifs is 8. The molecule has 4 bridgehead atoms. The molecule has 6 saturated heterocycles. The summed E-state index contributed by atoms with van der Waals surface area (Å²) >= 11 is 0. The van der Waals surface area contributed by atoms with Gasteiger partial charge < -0.3 is 23.8 Å². The summed E-state index contributed by atoms with van der Waals surface area (Å²) in [5, 5.41) is 0. The van der Waals surface area contributed by atoms with Crippen molar-refractivity contribution >= 4 is 12.2 Å². The Kier molecular flexibility index (Phi) is 12.8. The monoisotopic (exact) mass is 966 g/mol. The molecule has 0 radical (unpaired) electrons. The highest BCUT2D eigenvalue weighted by atomic mass is 16.6. The first-order chi connectivity index (χ1) is 35.4. The molecule has 1 unspecified atom stereocenters. The van der Waals surface area contributed by atoms with E-state index in [1.54, 1.807) is 12.4 Å². The molecular weight excluding hydrogens is 905 g/mol. The average molecular weight is 967 g/mol. The van der Waals surface area contributed by atoms with Gasteiger partial charge in [0.15, 0.2) is 0 Å². The number of rotatable bonds is 13. The highest BCUT2D eigenvalue weighted by molar-refractivity contribution is 5.71. The third kappa shape index (κ3) is 9.49. The van der Waals surface area contributed by atoms with Crippen LogP contribution in [0.3, 0.4) is 0 Å². The molecule has 0 aliphatic carbocycles. The van der Waals surface area contributed by atoms with Crippen molar-refractivity contribution in [3.8, 4) is 11.5 Å². The van der Waals surface area contributed by atoms with Crippen molar-refractivity contribution in [2.24, 2.45) is 10.8 Å². The number of carbonyl (C=O) groups is 2. The molecule has 14 nitrogen and oxygen atoms in total. The summed E-state index contributed by atoms with van der Waals surface area (Å²) in [6.45, 7) is 7.85. The van der Waals surface area contributed by atoms with Crippen LogP contribution in [-0.4, -0.2) is 111 Å². The van der Waals surface area contributed by atoms with Crippen LogP contribution < -0.4 is 9.47 Å². The fourth-order valence-corrected chi connectivity index (χ4v) is 12.3. The molecule has 8 aliphatic heterocycles. The van der Waals surface area contributed by atoms with Crippen LogP contribution in [0, 0.1) is 10.8 Å². The van der Waals surface area contributed by atoms with Crippen LogP contribution in [0.1, 0.15) is 107 Å². The minimum atomic E-state index is -0.288. The topological polar surface area (TPSA) is 136 Å². The number of hydrogen-bond acceptors (Lipinski definition) is 12. The number of benzene rings is 4. The predicted octanol–water partition coefficient (Wildman–Crippen LogP) is 9.31. The van der Waals surface area contributed by atoms with Gasteiger partial charge in [-0.2, -0.15) is 0 Å². The Morgan fingerprint density at radius 1 is 0.542 bits per heavy atom. The molecule has 0 spiro atoms. The van der Waals surface area contributed by atoms with Crippen LogP contribution in [0.4, 0.5) is 9.59 Å². The maximum Gasteiger partial charge on any atom is 0.410 e. The van der Waals surface area contributed by atoms with Crippen molar-refractivity contribution < 1.29 is 28.5 Å². The van der Waals surface area contributed by atoms with Crippen LogP contribution in [-0.2, 0) is 35.5 Å². The number of ether oxygens (including phenoxy) is 4. The van der Waals surface area contributed by atoms with Crippen molar-refractivity contribution in [2.45, 2.75) is 82.7 Å². The van der Waals surface area contributed by atoms with E-state index < -0.39 is 0 Å². The second kappa shape index (κ2) is 20.0. The van der Waals surface area contributed by atoms with Crippen molar-refractivity contribution in [3.63, 3.8) is 0 Å². The minimum absolute atomic E-state index is 0.0420. The zero-order valence-corrected chi connectivity index (χ0v) is 40.8. The summed E-state index contributed by atoms with van der Waals surface area (Å²) in [7, 11) is 0. The van der Waals surface area contributed by atoms with Crippen LogP contribution in [0.5, 0.6) is 11.5 Å². The first-order valence-corrected chi connectivity index (χ1v) is 25.9. The quantitative estimate of drug-likeness (QED) is 0.109. The summed E-state index contributed by atoms with van der Waals surface area (Å²) in [5.74, 6) is 2.25. The Morgan fingerprint density at radius 3 is 1.54 bits per heavy atom. The first kappa shape index (κ1) is 46.2. The number of carbonyl (C=O) groups excluding carboxylic acids is 2. The van der Waals surface area contributed by atoms with Gasteiger partial charge in [0.2, 0.25) is 0 Å². The van der Waals surface area contributed by atoms with Gasteiger partial charge in [-0.15, -0.1) is 0 Å². The maximum absolute atomic E-state index is 14.2. The van der Waals surface area contributed by atoms with Crippen LogP contribution >= 0.6 is 0 Å². The van der Waals surface area contributed by atoms with Gasteiger partial charge in [-0.1, -0.05) is 72.8 Å². The lowest BCUT2D eigenvalue weighted by Crippen LogP contribution is -2.52. The number of hydrogen-bond donors (Lipinski definition) is 0. The van der Waals surface area contributed by atoms with Gasteiger partial charge in [-0.3, -0.25) is 14.7 Å². The molecule has 4 aromatic carbocycles. The fourth-order valence-electron chi connectivity index (χ4n) is 12.3. The molecule has 0 N–H and O–H groups in total. The Labute approximate surface area is 421 Å². The van der Waals surface area contributed by atoms with Crippen molar-refractivity contribution in [1.29, 1.82) is 0 Å². The third-order valence-corrected chi connectivity index (χ3v) is 16.7. The van der Waals surface area contributed by atoms with E-state index in [-0.39, 0.29) is 41.1 Å². The third-order valence-electron chi connectivity index (χ3n) is 16.7. The van der Waals surface area contributed by atoms with E-state index in [0.29, 0.717) is 39.5 Å². The second-order valence-corrected chi connectivity index (χ2v) is 21.0. The van der Waals surface area contributed by atoms with Gasteiger partial charge in [-0.05, 0) is 142 Å². The van der Waals surface area contributed by atoms with E-state index in [2.05, 4.69) is 74.4 Å². The number of nitrogens with zero attached hydrogens (tertiary/aromatic N) is 8. The Morgan fingerprint density at radius 2 is 1.01 bits per heavy atom. The SMILES string of the molecule is O=C(OCC12CCN(CC1)C(c1ncc(COc3ccc([C@H]4c5ccccc5CCN4C(=O)OCC45CCN(CC4)CC5)cc3)cn1)C2)N1CCc2ccccc2[C@H]1c1ccc(OCc2cncnc2)cc1. The van der Waals surface area contributed by atoms with Crippen molar-refractivity contribution in [3.05, 3.63) is 179 Å². The van der Waals surface area contributed by atoms with E-state index in [1.807, 2.05) is 64.7 Å². The molecule has 14 heteroatoms. The molecule has 8 aliphatic rings. The lowest BCUT2D eigenvalue weighted by Gasteiger charge is -2.52. The summed E-state index contributed by atoms with van der Waals surface area (Å²) < 4.78 is 24.8. The molecule has 370 valence electrons.